The molecule has 1 radical (unpaired) electrons. The van der Waals surface area contributed by atoms with Crippen molar-refractivity contribution >= 4 is 0 Å². The molecule has 0 aromatic heterocycles. The molecule has 0 saturated heterocycles. The van der Waals surface area contributed by atoms with E-state index in [1.165, 1.54) is 0 Å². The molecule has 0 fully saturated rings. The average molecular weight is 334 g/mol. The third-order valence-corrected chi connectivity index (χ3v) is 1.67. The predicted octanol–water partition coefficient (Wildman–Crippen LogP) is 4.22. The summed E-state index contributed by atoms with van der Waals surface area (Å²) in [6, 6.07) is 30.0. The van der Waals surface area contributed by atoms with E-state index in [0.717, 1.165) is 0 Å². The summed E-state index contributed by atoms with van der Waals surface area (Å²) < 4.78 is 0. The van der Waals surface area contributed by atoms with Crippen molar-refractivity contribution in [2.45, 2.75) is 0 Å². The van der Waals surface area contributed by atoms with Crippen molar-refractivity contribution in [3.05, 3.63) is 91.0 Å². The van der Waals surface area contributed by atoms with Gasteiger partial charge in [0.2, 0.25) is 0 Å². The van der Waals surface area contributed by atoms with Crippen molar-refractivity contribution in [3.63, 3.8) is 0 Å². The average Bonchev–Trinajstić information content (AvgIpc) is 3.09. The molecule has 0 amide bonds. The van der Waals surface area contributed by atoms with Crippen molar-refractivity contribution < 1.29 is 35.6 Å². The molecule has 85 valence electrons. The molecule has 0 heterocycles. The van der Waals surface area contributed by atoms with E-state index in [9.17, 15) is 0 Å². The van der Waals surface area contributed by atoms with Gasteiger partial charge in [0.1, 0.15) is 0 Å². The van der Waals surface area contributed by atoms with Crippen LogP contribution in [0.5, 0.6) is 0 Å². The Balaban J connectivity index is 0.000000205. The summed E-state index contributed by atoms with van der Waals surface area (Å²) in [5.74, 6) is 0. The molecule has 0 bridgehead atoms. The number of hydrogen-bond donors (Lipinski definition) is 0. The second-order valence-electron chi connectivity index (χ2n) is 2.89. The Bertz CT molecular complexity index is 237. The zero-order chi connectivity index (χ0) is 10.6. The number of hydrogen-bond acceptors (Lipinski definition) is 0. The molecule has 0 aliphatic carbocycles. The topological polar surface area (TPSA) is 0 Å². The fourth-order valence-electron chi connectivity index (χ4n) is 0.962. The van der Waals surface area contributed by atoms with Gasteiger partial charge < -0.3 is 30.3 Å². The molecule has 0 atom stereocenters. The Morgan fingerprint density at radius 3 is 0.812 bits per heavy atom. The van der Waals surface area contributed by atoms with Gasteiger partial charge in [0.15, 0.2) is 0 Å². The smallest absolute Gasteiger partial charge is 0 e. The van der Waals surface area contributed by atoms with Gasteiger partial charge in [0.05, 0.1) is 0 Å². The van der Waals surface area contributed by atoms with Crippen LogP contribution in [0.15, 0.2) is 91.0 Å². The van der Waals surface area contributed by atoms with Gasteiger partial charge in [-0.05, 0) is 0 Å². The van der Waals surface area contributed by atoms with Crippen LogP contribution in [0.25, 0.3) is 0 Å². The molecular formula is C15H15La-7. The summed E-state index contributed by atoms with van der Waals surface area (Å²) in [5.41, 5.74) is 0. The van der Waals surface area contributed by atoms with Crippen molar-refractivity contribution in [3.8, 4) is 0 Å². The van der Waals surface area contributed by atoms with Crippen LogP contribution in [0, 0.1) is 35.6 Å². The normalized spacial score (nSPS) is 7.50. The third-order valence-electron chi connectivity index (χ3n) is 1.67. The molecule has 3 aromatic carbocycles. The molecule has 3 rings (SSSR count). The standard InChI is InChI=1S/3C5H5.La/c3*1-2-4-5-3-1;/h3*1-5H;/q-5;2*-1;. The van der Waals surface area contributed by atoms with Gasteiger partial charge in [-0.25, -0.2) is 24.3 Å². The SMILES string of the molecule is [La].[cH-]1[cH-][cH-][cH-][cH-]1.c1cc[cH-]c1.c1cc[cH-]c1. The first-order valence-electron chi connectivity index (χ1n) is 5.00. The van der Waals surface area contributed by atoms with Crippen LogP contribution in [0.2, 0.25) is 0 Å². The maximum absolute atomic E-state index is 2.00. The van der Waals surface area contributed by atoms with Crippen LogP contribution >= 0.6 is 0 Å². The Morgan fingerprint density at radius 2 is 0.688 bits per heavy atom. The Kier molecular flexibility index (Phi) is 11.7. The Hall–Kier alpha value is -0.755. The molecule has 0 nitrogen and oxygen atoms in total. The largest absolute Gasteiger partial charge is 0.748 e. The third kappa shape index (κ3) is 9.79. The monoisotopic (exact) mass is 334 g/mol. The minimum atomic E-state index is 0. The molecule has 0 aliphatic rings. The van der Waals surface area contributed by atoms with Crippen LogP contribution in [-0.2, 0) is 0 Å². The first kappa shape index (κ1) is 15.2. The maximum Gasteiger partial charge on any atom is 0 e. The van der Waals surface area contributed by atoms with Gasteiger partial charge in [-0.15, -0.1) is 0 Å². The second-order valence-corrected chi connectivity index (χ2v) is 2.89. The molecule has 0 aliphatic heterocycles. The summed E-state index contributed by atoms with van der Waals surface area (Å²) in [4.78, 5) is 0. The van der Waals surface area contributed by atoms with E-state index in [1.54, 1.807) is 0 Å². The Morgan fingerprint density at radius 1 is 0.438 bits per heavy atom. The fourth-order valence-corrected chi connectivity index (χ4v) is 0.962. The van der Waals surface area contributed by atoms with Gasteiger partial charge in [-0.2, -0.15) is 36.4 Å². The van der Waals surface area contributed by atoms with Crippen molar-refractivity contribution in [1.29, 1.82) is 0 Å². The van der Waals surface area contributed by atoms with E-state index in [-0.39, 0.29) is 35.6 Å². The molecule has 0 unspecified atom stereocenters. The van der Waals surface area contributed by atoms with Crippen LogP contribution < -0.4 is 0 Å². The summed E-state index contributed by atoms with van der Waals surface area (Å²) in [5, 5.41) is 0. The van der Waals surface area contributed by atoms with Crippen molar-refractivity contribution in [2.75, 3.05) is 0 Å². The number of rotatable bonds is 0. The summed E-state index contributed by atoms with van der Waals surface area (Å²) in [6.07, 6.45) is 0. The quantitative estimate of drug-likeness (QED) is 0.540. The van der Waals surface area contributed by atoms with Gasteiger partial charge >= 0.3 is 0 Å². The van der Waals surface area contributed by atoms with E-state index in [0.29, 0.717) is 0 Å². The minimum absolute atomic E-state index is 0. The first-order chi connectivity index (χ1) is 7.50. The molecule has 0 N–H and O–H groups in total. The van der Waals surface area contributed by atoms with Gasteiger partial charge in [-0.3, -0.25) is 0 Å². The van der Waals surface area contributed by atoms with E-state index in [2.05, 4.69) is 0 Å². The van der Waals surface area contributed by atoms with Crippen LogP contribution in [0.1, 0.15) is 0 Å². The summed E-state index contributed by atoms with van der Waals surface area (Å²) >= 11 is 0. The van der Waals surface area contributed by atoms with E-state index >= 15 is 0 Å². The molecule has 1 heteroatoms. The van der Waals surface area contributed by atoms with Crippen molar-refractivity contribution in [2.24, 2.45) is 0 Å². The van der Waals surface area contributed by atoms with Gasteiger partial charge in [0.25, 0.3) is 0 Å². The van der Waals surface area contributed by atoms with Crippen LogP contribution in [0.3, 0.4) is 0 Å². The molecule has 0 spiro atoms. The molecule has 0 saturated carbocycles. The summed E-state index contributed by atoms with van der Waals surface area (Å²) in [7, 11) is 0. The van der Waals surface area contributed by atoms with E-state index < -0.39 is 0 Å². The first-order valence-corrected chi connectivity index (χ1v) is 5.00. The molecule has 16 heavy (non-hydrogen) atoms. The van der Waals surface area contributed by atoms with Crippen LogP contribution in [-0.4, -0.2) is 0 Å². The van der Waals surface area contributed by atoms with Gasteiger partial charge in [-0.1, -0.05) is 0 Å². The van der Waals surface area contributed by atoms with E-state index in [4.69, 9.17) is 0 Å². The maximum atomic E-state index is 2.00. The van der Waals surface area contributed by atoms with E-state index in [1.807, 2.05) is 91.0 Å². The minimum Gasteiger partial charge on any atom is -0.748 e. The van der Waals surface area contributed by atoms with Crippen LogP contribution in [0.4, 0.5) is 0 Å². The zero-order valence-electron chi connectivity index (χ0n) is 9.24. The Labute approximate surface area is 126 Å². The summed E-state index contributed by atoms with van der Waals surface area (Å²) in [6.45, 7) is 0. The molecule has 3 aromatic rings. The zero-order valence-corrected chi connectivity index (χ0v) is 12.9. The molecular weight excluding hydrogens is 319 g/mol. The van der Waals surface area contributed by atoms with Gasteiger partial charge in [0, 0.05) is 35.6 Å². The fraction of sp³-hybridized carbons (Fsp3) is 0. The second kappa shape index (κ2) is 12.3. The van der Waals surface area contributed by atoms with Crippen molar-refractivity contribution in [1.82, 2.24) is 0 Å². The predicted molar refractivity (Wildman–Crippen MR) is 66.1 cm³/mol.